The number of aromatic nitrogens is 8. The van der Waals surface area contributed by atoms with Gasteiger partial charge >= 0.3 is 0 Å². The van der Waals surface area contributed by atoms with Gasteiger partial charge in [0, 0.05) is 156 Å². The minimum atomic E-state index is 0. The number of para-hydroxylation sites is 4. The Hall–Kier alpha value is -11.7. The third-order valence-electron chi connectivity index (χ3n) is 23.8. The SMILES string of the molecule is Cc1cc(C)c(-c2cnc3c4[c-]cccc4c4ccc(C)cc4n23)c(C)c1.Cc1cc(Cc2cccc3c2oc2ccccc23)cc(C)c1-n1ccnc1-c1[c-]cccc1.Cc1cccc(C)c1-c1cnn2c3[c-]cccc3c3ccccc3c12.Cc1ccccc1-c1cc[c-]c2c1c1ccccc1n1c(-c3ccc(C(C)C)cc3C)cnc21.[Ir].[Ir].[Ir].[Ir]. The summed E-state index contributed by atoms with van der Waals surface area (Å²) in [7, 11) is 0. The molecule has 0 spiro atoms. The van der Waals surface area contributed by atoms with Gasteiger partial charge in [-0.1, -0.05) is 222 Å². The van der Waals surface area contributed by atoms with Gasteiger partial charge in [-0.15, -0.1) is 89.1 Å². The topological polar surface area (TPSA) is 82.9 Å². The maximum Gasteiger partial charge on any atom is 0.138 e. The van der Waals surface area contributed by atoms with E-state index in [4.69, 9.17) is 19.5 Å². The summed E-state index contributed by atoms with van der Waals surface area (Å²) in [6.07, 6.45) is 10.7. The van der Waals surface area contributed by atoms with Gasteiger partial charge < -0.3 is 17.8 Å². The van der Waals surface area contributed by atoms with Crippen LogP contribution in [-0.2, 0) is 86.8 Å². The van der Waals surface area contributed by atoms with Crippen LogP contribution in [0.3, 0.4) is 0 Å². The monoisotopic (exact) mass is 2310 g/mol. The average molecular weight is 2310 g/mol. The summed E-state index contributed by atoms with van der Waals surface area (Å²) in [5, 5.41) is 17.7. The van der Waals surface area contributed by atoms with Gasteiger partial charge in [0.15, 0.2) is 0 Å². The van der Waals surface area contributed by atoms with Crippen molar-refractivity contribution in [1.29, 1.82) is 0 Å². The van der Waals surface area contributed by atoms with Crippen LogP contribution < -0.4 is 0 Å². The van der Waals surface area contributed by atoms with Crippen molar-refractivity contribution in [1.82, 2.24) is 37.9 Å². The second-order valence-corrected chi connectivity index (χ2v) is 32.2. The summed E-state index contributed by atoms with van der Waals surface area (Å²) in [5.41, 5.74) is 36.7. The minimum Gasteiger partial charge on any atom is -0.456 e. The molecule has 123 heavy (non-hydrogen) atoms. The maximum atomic E-state index is 6.25. The Bertz CT molecular complexity index is 7710. The van der Waals surface area contributed by atoms with Crippen molar-refractivity contribution in [3.8, 4) is 61.8 Å². The molecule has 0 aliphatic rings. The van der Waals surface area contributed by atoms with Gasteiger partial charge in [0.2, 0.25) is 0 Å². The smallest absolute Gasteiger partial charge is 0.138 e. The van der Waals surface area contributed by atoms with Crippen molar-refractivity contribution in [2.75, 3.05) is 0 Å². The molecular formula is C110H88Ir4N8O-4. The Kier molecular flexibility index (Phi) is 25.3. The number of aryl methyl sites for hydroxylation is 10. The summed E-state index contributed by atoms with van der Waals surface area (Å²) in [4.78, 5) is 14.4. The number of benzene rings is 14. The number of rotatable bonds is 9. The molecule has 9 nitrogen and oxygen atoms in total. The molecule has 0 aliphatic carbocycles. The fraction of sp³-hybridized carbons (Fsp3) is 0.127. The normalized spacial score (nSPS) is 11.3. The number of hydrogen-bond donors (Lipinski definition) is 0. The molecule has 0 N–H and O–H groups in total. The van der Waals surface area contributed by atoms with Crippen molar-refractivity contribution < 1.29 is 84.8 Å². The zero-order valence-corrected chi connectivity index (χ0v) is 80.0. The van der Waals surface area contributed by atoms with E-state index in [2.05, 4.69) is 332 Å². The summed E-state index contributed by atoms with van der Waals surface area (Å²) >= 11 is 0. The Morgan fingerprint density at radius 1 is 0.390 bits per heavy atom. The molecule has 0 atom stereocenters. The van der Waals surface area contributed by atoms with Gasteiger partial charge in [-0.05, 0) is 193 Å². The third-order valence-corrected chi connectivity index (χ3v) is 23.8. The average Bonchev–Trinajstić information content (AvgIpc) is 1.70. The Balaban J connectivity index is 0.000000127. The first-order chi connectivity index (χ1) is 58.0. The molecule has 8 aromatic heterocycles. The number of imidazole rings is 3. The van der Waals surface area contributed by atoms with Crippen LogP contribution in [-0.4, -0.2) is 37.9 Å². The third kappa shape index (κ3) is 15.7. The second kappa shape index (κ2) is 36.0. The van der Waals surface area contributed by atoms with E-state index in [-0.39, 0.29) is 80.4 Å². The van der Waals surface area contributed by atoms with Crippen LogP contribution in [0.2, 0.25) is 0 Å². The van der Waals surface area contributed by atoms with Gasteiger partial charge in [-0.25, -0.2) is 0 Å². The fourth-order valence-corrected chi connectivity index (χ4v) is 18.5. The molecule has 614 valence electrons. The van der Waals surface area contributed by atoms with Gasteiger partial charge in [-0.2, -0.15) is 29.4 Å². The van der Waals surface area contributed by atoms with Crippen molar-refractivity contribution in [3.05, 3.63) is 394 Å². The van der Waals surface area contributed by atoms with Gasteiger partial charge in [0.1, 0.15) is 11.2 Å². The number of nitrogens with zero attached hydrogens (tertiary/aromatic N) is 8. The van der Waals surface area contributed by atoms with Crippen molar-refractivity contribution in [2.45, 2.75) is 95.4 Å². The molecule has 0 aliphatic heterocycles. The Labute approximate surface area is 771 Å². The maximum absolute atomic E-state index is 6.25. The first-order valence-corrected chi connectivity index (χ1v) is 41.0. The van der Waals surface area contributed by atoms with Crippen LogP contribution in [0.15, 0.2) is 302 Å². The molecule has 13 heteroatoms. The summed E-state index contributed by atoms with van der Waals surface area (Å²) in [6.45, 7) is 26.2. The van der Waals surface area contributed by atoms with Crippen LogP contribution in [0, 0.1) is 93.5 Å². The van der Waals surface area contributed by atoms with Gasteiger partial charge in [0.05, 0.1) is 40.2 Å². The van der Waals surface area contributed by atoms with E-state index in [1.54, 1.807) is 0 Å². The predicted octanol–water partition coefficient (Wildman–Crippen LogP) is 28.0. The summed E-state index contributed by atoms with van der Waals surface area (Å²) < 4.78 is 15.1. The molecule has 14 aromatic carbocycles. The van der Waals surface area contributed by atoms with Gasteiger partial charge in [-0.3, -0.25) is 19.5 Å². The second-order valence-electron chi connectivity index (χ2n) is 32.2. The van der Waals surface area contributed by atoms with E-state index in [1.807, 2.05) is 96.2 Å². The molecule has 0 amide bonds. The molecule has 0 bridgehead atoms. The zero-order chi connectivity index (χ0) is 81.4. The predicted molar refractivity (Wildman–Crippen MR) is 495 cm³/mol. The Morgan fingerprint density at radius 3 is 1.76 bits per heavy atom. The van der Waals surface area contributed by atoms with Gasteiger partial charge in [0.25, 0.3) is 0 Å². The van der Waals surface area contributed by atoms with Crippen LogP contribution in [0.25, 0.3) is 166 Å². The molecule has 4 radical (unpaired) electrons. The molecular weight excluding hydrogens is 2220 g/mol. The molecule has 8 heterocycles. The van der Waals surface area contributed by atoms with E-state index in [9.17, 15) is 0 Å². The molecule has 0 saturated heterocycles. The first-order valence-electron chi connectivity index (χ1n) is 41.0. The van der Waals surface area contributed by atoms with E-state index >= 15 is 0 Å². The summed E-state index contributed by atoms with van der Waals surface area (Å²) in [6, 6.07) is 108. The number of furan rings is 1. The molecule has 22 rings (SSSR count). The van der Waals surface area contributed by atoms with Crippen molar-refractivity contribution >= 4 is 104 Å². The van der Waals surface area contributed by atoms with Crippen LogP contribution in [0.5, 0.6) is 0 Å². The Morgan fingerprint density at radius 2 is 1.02 bits per heavy atom. The van der Waals surface area contributed by atoms with Crippen LogP contribution >= 0.6 is 0 Å². The number of pyridine rings is 3. The molecule has 0 saturated carbocycles. The number of fused-ring (bicyclic) bond motifs is 21. The quantitative estimate of drug-likeness (QED) is 0.106. The molecule has 22 aromatic rings. The number of hydrogen-bond acceptors (Lipinski definition) is 5. The summed E-state index contributed by atoms with van der Waals surface area (Å²) in [5.74, 6) is 1.41. The van der Waals surface area contributed by atoms with Crippen molar-refractivity contribution in [3.63, 3.8) is 0 Å². The fourth-order valence-electron chi connectivity index (χ4n) is 18.5. The first kappa shape index (κ1) is 86.3. The van der Waals surface area contributed by atoms with E-state index < -0.39 is 0 Å². The van der Waals surface area contributed by atoms with E-state index in [1.165, 1.54) is 171 Å². The zero-order valence-electron chi connectivity index (χ0n) is 70.4. The van der Waals surface area contributed by atoms with E-state index in [0.717, 1.165) is 73.5 Å². The standard InChI is InChI=1S/C32H27N2.C30H23N2O.C25H21N2.C23H17N2.4Ir/c1-20(2)23-16-17-25(22(4)18-23)30-19-33-32-28-14-9-13-26(24-11-6-5-10-21(24)3)31(28)27-12-7-8-15-29(27)34(30)32;1-20-17-22(19-24-11-8-13-26-25-12-6-7-14-27(25)33-29(24)26)18-21(2)28(20)32-16-15-31-30(32)23-9-4-3-5-10-23;1-15-9-10-20-19-7-5-6-8-21(19)25-26-14-23(27(25)22(20)13-15)24-17(3)11-16(2)12-18(24)4;1-15-8-7-9-16(2)22(15)20-14-24-25-21-13-6-5-11-18(21)17-10-3-4-12-19(17)23(20)25;;;;/h5-13,15-20H,1-4H3;3-9,11-18H,19H2,1-2H3;5-7,9-14H,1-4H3;3-12,14H,1-2H3;;;;/q4*-1;;;;. The largest absolute Gasteiger partial charge is 0.456 e. The minimum absolute atomic E-state index is 0. The molecule has 0 unspecified atom stereocenters. The van der Waals surface area contributed by atoms with Crippen LogP contribution in [0.1, 0.15) is 92.1 Å². The van der Waals surface area contributed by atoms with E-state index in [0.29, 0.717) is 5.92 Å². The van der Waals surface area contributed by atoms with Crippen molar-refractivity contribution in [2.24, 2.45) is 0 Å². The van der Waals surface area contributed by atoms with Crippen LogP contribution in [0.4, 0.5) is 0 Å². The molecule has 0 fully saturated rings.